The van der Waals surface area contributed by atoms with Gasteiger partial charge in [0.05, 0.1) is 11.6 Å². The van der Waals surface area contributed by atoms with Gasteiger partial charge in [-0.05, 0) is 47.0 Å². The van der Waals surface area contributed by atoms with E-state index < -0.39 is 0 Å². The SMILES string of the molecule is CN(C)c1ccc(C=C2SC(=S)N(CNc3ccc(-c4ccccc4)cc3)C2=O)cc1. The number of anilines is 2. The molecule has 1 fully saturated rings. The number of benzene rings is 3. The minimum Gasteiger partial charge on any atom is -0.378 e. The Labute approximate surface area is 192 Å². The first-order valence-electron chi connectivity index (χ1n) is 9.93. The minimum absolute atomic E-state index is 0.0694. The van der Waals surface area contributed by atoms with Gasteiger partial charge in [-0.1, -0.05) is 78.6 Å². The fourth-order valence-corrected chi connectivity index (χ4v) is 4.49. The Hall–Kier alpha value is -3.09. The van der Waals surface area contributed by atoms with Gasteiger partial charge >= 0.3 is 0 Å². The van der Waals surface area contributed by atoms with Crippen molar-refractivity contribution in [2.75, 3.05) is 31.0 Å². The third kappa shape index (κ3) is 4.98. The van der Waals surface area contributed by atoms with Crippen LogP contribution >= 0.6 is 24.0 Å². The summed E-state index contributed by atoms with van der Waals surface area (Å²) < 4.78 is 0.564. The van der Waals surface area contributed by atoms with Crippen LogP contribution in [0.2, 0.25) is 0 Å². The molecule has 1 aliphatic rings. The van der Waals surface area contributed by atoms with Gasteiger partial charge in [-0.15, -0.1) is 0 Å². The maximum Gasteiger partial charge on any atom is 0.267 e. The molecule has 1 heterocycles. The Balaban J connectivity index is 1.40. The smallest absolute Gasteiger partial charge is 0.267 e. The number of carbonyl (C=O) groups is 1. The van der Waals surface area contributed by atoms with E-state index in [1.165, 1.54) is 17.3 Å². The first kappa shape index (κ1) is 21.2. The van der Waals surface area contributed by atoms with E-state index >= 15 is 0 Å². The van der Waals surface area contributed by atoms with E-state index in [0.717, 1.165) is 22.5 Å². The molecular formula is C25H23N3OS2. The monoisotopic (exact) mass is 445 g/mol. The molecule has 0 aromatic heterocycles. The fraction of sp³-hybridized carbons (Fsp3) is 0.120. The number of nitrogens with one attached hydrogen (secondary N) is 1. The maximum absolute atomic E-state index is 12.9. The summed E-state index contributed by atoms with van der Waals surface area (Å²) in [5, 5.41) is 3.30. The summed E-state index contributed by atoms with van der Waals surface area (Å²) >= 11 is 6.79. The third-order valence-electron chi connectivity index (χ3n) is 5.01. The molecule has 0 atom stereocenters. The molecule has 1 aliphatic heterocycles. The summed E-state index contributed by atoms with van der Waals surface area (Å²) in [6, 6.07) is 26.5. The van der Waals surface area contributed by atoms with Crippen molar-refractivity contribution in [3.05, 3.63) is 89.3 Å². The second-order valence-electron chi connectivity index (χ2n) is 7.37. The van der Waals surface area contributed by atoms with Crippen molar-refractivity contribution in [1.29, 1.82) is 0 Å². The van der Waals surface area contributed by atoms with Gasteiger partial charge in [-0.2, -0.15) is 0 Å². The second kappa shape index (κ2) is 9.37. The topological polar surface area (TPSA) is 35.6 Å². The van der Waals surface area contributed by atoms with E-state index in [0.29, 0.717) is 15.9 Å². The first-order chi connectivity index (χ1) is 15.0. The van der Waals surface area contributed by atoms with Gasteiger partial charge in [0.1, 0.15) is 4.32 Å². The van der Waals surface area contributed by atoms with Crippen molar-refractivity contribution >= 4 is 51.7 Å². The van der Waals surface area contributed by atoms with Crippen LogP contribution in [-0.2, 0) is 4.79 Å². The van der Waals surface area contributed by atoms with Gasteiger partial charge < -0.3 is 10.2 Å². The lowest BCUT2D eigenvalue weighted by Crippen LogP contribution is -2.33. The zero-order valence-corrected chi connectivity index (χ0v) is 19.0. The summed E-state index contributed by atoms with van der Waals surface area (Å²) in [6.07, 6.45) is 1.90. The standard InChI is InChI=1S/C25H23N3OS2/c1-27(2)22-14-8-18(9-15-22)16-23-24(29)28(25(30)31-23)17-26-21-12-10-20(11-13-21)19-6-4-3-5-7-19/h3-16,26H,17H2,1-2H3. The van der Waals surface area contributed by atoms with Crippen LogP contribution in [0.25, 0.3) is 17.2 Å². The number of nitrogens with zero attached hydrogens (tertiary/aromatic N) is 2. The largest absolute Gasteiger partial charge is 0.378 e. The van der Waals surface area contributed by atoms with Gasteiger partial charge in [0.2, 0.25) is 0 Å². The molecule has 0 aliphatic carbocycles. The number of hydrogen-bond acceptors (Lipinski definition) is 5. The van der Waals surface area contributed by atoms with E-state index in [2.05, 4.69) is 29.6 Å². The van der Waals surface area contributed by atoms with Crippen LogP contribution < -0.4 is 10.2 Å². The van der Waals surface area contributed by atoms with Crippen molar-refractivity contribution in [3.8, 4) is 11.1 Å². The van der Waals surface area contributed by atoms with Crippen molar-refractivity contribution in [1.82, 2.24) is 4.90 Å². The number of carbonyl (C=O) groups excluding carboxylic acids is 1. The molecule has 4 nitrogen and oxygen atoms in total. The van der Waals surface area contributed by atoms with Crippen molar-refractivity contribution < 1.29 is 4.79 Å². The molecule has 156 valence electrons. The van der Waals surface area contributed by atoms with Crippen molar-refractivity contribution in [3.63, 3.8) is 0 Å². The van der Waals surface area contributed by atoms with E-state index in [1.807, 2.05) is 79.7 Å². The van der Waals surface area contributed by atoms with Gasteiger partial charge in [-0.25, -0.2) is 0 Å². The number of hydrogen-bond donors (Lipinski definition) is 1. The van der Waals surface area contributed by atoms with Gasteiger partial charge in [0.15, 0.2) is 0 Å². The molecule has 0 saturated carbocycles. The van der Waals surface area contributed by atoms with Crippen LogP contribution in [0.15, 0.2) is 83.8 Å². The first-order valence-corrected chi connectivity index (χ1v) is 11.2. The molecule has 1 amide bonds. The average Bonchev–Trinajstić information content (AvgIpc) is 3.06. The van der Waals surface area contributed by atoms with Crippen LogP contribution in [0.1, 0.15) is 5.56 Å². The van der Waals surface area contributed by atoms with Crippen LogP contribution in [0, 0.1) is 0 Å². The summed E-state index contributed by atoms with van der Waals surface area (Å²) in [5.74, 6) is -0.0694. The van der Waals surface area contributed by atoms with E-state index in [9.17, 15) is 4.79 Å². The minimum atomic E-state index is -0.0694. The fourth-order valence-electron chi connectivity index (χ4n) is 3.24. The normalized spacial score (nSPS) is 14.9. The Morgan fingerprint density at radius 3 is 2.23 bits per heavy atom. The zero-order chi connectivity index (χ0) is 21.8. The van der Waals surface area contributed by atoms with E-state index in [-0.39, 0.29) is 5.91 Å². The lowest BCUT2D eigenvalue weighted by molar-refractivity contribution is -0.121. The molecule has 1 N–H and O–H groups in total. The zero-order valence-electron chi connectivity index (χ0n) is 17.4. The summed E-state index contributed by atoms with van der Waals surface area (Å²) in [7, 11) is 4.00. The average molecular weight is 446 g/mol. The van der Waals surface area contributed by atoms with Gasteiger partial charge in [0.25, 0.3) is 5.91 Å². The molecule has 3 aromatic carbocycles. The predicted molar refractivity (Wildman–Crippen MR) is 136 cm³/mol. The predicted octanol–water partition coefficient (Wildman–Crippen LogP) is 5.69. The quantitative estimate of drug-likeness (QED) is 0.390. The molecular weight excluding hydrogens is 422 g/mol. The van der Waals surface area contributed by atoms with E-state index in [1.54, 1.807) is 4.90 Å². The highest BCUT2D eigenvalue weighted by atomic mass is 32.2. The van der Waals surface area contributed by atoms with Crippen molar-refractivity contribution in [2.24, 2.45) is 0 Å². The number of thiocarbonyl (C=S) groups is 1. The highest BCUT2D eigenvalue weighted by Crippen LogP contribution is 2.32. The number of rotatable bonds is 6. The number of amides is 1. The number of thioether (sulfide) groups is 1. The molecule has 0 bridgehead atoms. The molecule has 1 saturated heterocycles. The molecule has 0 spiro atoms. The van der Waals surface area contributed by atoms with Crippen LogP contribution in [-0.4, -0.2) is 35.9 Å². The van der Waals surface area contributed by atoms with E-state index in [4.69, 9.17) is 12.2 Å². The molecule has 0 unspecified atom stereocenters. The molecule has 31 heavy (non-hydrogen) atoms. The van der Waals surface area contributed by atoms with Crippen molar-refractivity contribution in [2.45, 2.75) is 0 Å². The molecule has 6 heteroatoms. The van der Waals surface area contributed by atoms with Crippen LogP contribution in [0.5, 0.6) is 0 Å². The van der Waals surface area contributed by atoms with Gasteiger partial charge in [0, 0.05) is 25.5 Å². The van der Waals surface area contributed by atoms with Crippen LogP contribution in [0.3, 0.4) is 0 Å². The Bertz CT molecular complexity index is 1110. The molecule has 0 radical (unpaired) electrons. The third-order valence-corrected chi connectivity index (χ3v) is 6.39. The molecule has 3 aromatic rings. The highest BCUT2D eigenvalue weighted by Gasteiger charge is 2.31. The maximum atomic E-state index is 12.9. The summed E-state index contributed by atoms with van der Waals surface area (Å²) in [6.45, 7) is 0.340. The summed E-state index contributed by atoms with van der Waals surface area (Å²) in [5.41, 5.74) is 5.37. The molecule has 4 rings (SSSR count). The lowest BCUT2D eigenvalue weighted by Gasteiger charge is -2.16. The lowest BCUT2D eigenvalue weighted by atomic mass is 10.1. The Morgan fingerprint density at radius 2 is 1.58 bits per heavy atom. The second-order valence-corrected chi connectivity index (χ2v) is 9.05. The van der Waals surface area contributed by atoms with Crippen LogP contribution in [0.4, 0.5) is 11.4 Å². The Morgan fingerprint density at radius 1 is 0.935 bits per heavy atom. The van der Waals surface area contributed by atoms with Gasteiger partial charge in [-0.3, -0.25) is 9.69 Å². The summed E-state index contributed by atoms with van der Waals surface area (Å²) in [4.78, 5) is 17.1. The highest BCUT2D eigenvalue weighted by molar-refractivity contribution is 8.26. The Kier molecular flexibility index (Phi) is 6.39.